The summed E-state index contributed by atoms with van der Waals surface area (Å²) in [6, 6.07) is 0. The maximum absolute atomic E-state index is 11.3. The predicted octanol–water partition coefficient (Wildman–Crippen LogP) is 1.97. The van der Waals surface area contributed by atoms with Crippen molar-refractivity contribution in [2.45, 2.75) is 19.9 Å². The van der Waals surface area contributed by atoms with E-state index in [0.29, 0.717) is 12.2 Å². The number of hydrogen-bond donors (Lipinski definition) is 1. The monoisotopic (exact) mass is 351 g/mol. The van der Waals surface area contributed by atoms with Crippen LogP contribution in [0.5, 0.6) is 0 Å². The second-order valence-electron chi connectivity index (χ2n) is 3.95. The van der Waals surface area contributed by atoms with Gasteiger partial charge in [-0.3, -0.25) is 0 Å². The molecule has 11 heteroatoms. The molecule has 1 heterocycles. The standard InChI is InChI=1S/C11H17N3O6S2/c1-9-12-7-10(14(17)18)13(9)3-5-19-11(16)20-8-22-21-6-2-4-15/h7,15H,2-6,8H2,1H3. The van der Waals surface area contributed by atoms with Crippen LogP contribution in [0.15, 0.2) is 6.20 Å². The van der Waals surface area contributed by atoms with E-state index in [0.717, 1.165) is 11.9 Å². The van der Waals surface area contributed by atoms with E-state index < -0.39 is 11.1 Å². The van der Waals surface area contributed by atoms with Crippen molar-refractivity contribution in [3.63, 3.8) is 0 Å². The maximum Gasteiger partial charge on any atom is 0.509 e. The second-order valence-corrected chi connectivity index (χ2v) is 6.48. The largest absolute Gasteiger partial charge is 0.509 e. The molecule has 124 valence electrons. The third-order valence-corrected chi connectivity index (χ3v) is 4.57. The minimum absolute atomic E-state index is 0.0425. The number of hydrogen-bond acceptors (Lipinski definition) is 9. The minimum atomic E-state index is -0.823. The highest BCUT2D eigenvalue weighted by atomic mass is 33.1. The van der Waals surface area contributed by atoms with E-state index in [-0.39, 0.29) is 31.5 Å². The Labute approximate surface area is 134 Å². The van der Waals surface area contributed by atoms with E-state index in [2.05, 4.69) is 4.98 Å². The van der Waals surface area contributed by atoms with Gasteiger partial charge < -0.3 is 24.7 Å². The van der Waals surface area contributed by atoms with Crippen LogP contribution < -0.4 is 0 Å². The Hall–Kier alpha value is -1.46. The molecule has 0 aliphatic rings. The molecule has 0 spiro atoms. The topological polar surface area (TPSA) is 117 Å². The van der Waals surface area contributed by atoms with Crippen molar-refractivity contribution in [2.24, 2.45) is 0 Å². The van der Waals surface area contributed by atoms with E-state index >= 15 is 0 Å². The molecule has 0 saturated heterocycles. The zero-order chi connectivity index (χ0) is 16.4. The van der Waals surface area contributed by atoms with Crippen molar-refractivity contribution >= 4 is 33.6 Å². The quantitative estimate of drug-likeness (QED) is 0.169. The van der Waals surface area contributed by atoms with Crippen LogP contribution in [-0.4, -0.2) is 50.6 Å². The molecule has 1 N–H and O–H groups in total. The van der Waals surface area contributed by atoms with Gasteiger partial charge in [0.15, 0.2) is 11.8 Å². The lowest BCUT2D eigenvalue weighted by atomic mass is 10.5. The number of aliphatic hydroxyl groups is 1. The first-order valence-electron chi connectivity index (χ1n) is 6.37. The Morgan fingerprint density at radius 2 is 2.27 bits per heavy atom. The summed E-state index contributed by atoms with van der Waals surface area (Å²) in [6.45, 7) is 1.86. The lowest BCUT2D eigenvalue weighted by Gasteiger charge is -2.06. The van der Waals surface area contributed by atoms with Crippen molar-refractivity contribution in [2.75, 3.05) is 24.9 Å². The fraction of sp³-hybridized carbons (Fsp3) is 0.636. The Bertz CT molecular complexity index is 496. The van der Waals surface area contributed by atoms with Gasteiger partial charge in [-0.15, -0.1) is 0 Å². The van der Waals surface area contributed by atoms with Crippen molar-refractivity contribution in [1.29, 1.82) is 0 Å². The van der Waals surface area contributed by atoms with E-state index in [1.54, 1.807) is 6.92 Å². The first-order valence-corrected chi connectivity index (χ1v) is 8.86. The highest BCUT2D eigenvalue weighted by molar-refractivity contribution is 8.76. The van der Waals surface area contributed by atoms with Crippen LogP contribution in [0, 0.1) is 17.0 Å². The van der Waals surface area contributed by atoms with Crippen molar-refractivity contribution in [3.05, 3.63) is 22.1 Å². The third kappa shape index (κ3) is 6.54. The number of rotatable bonds is 10. The average Bonchev–Trinajstić information content (AvgIpc) is 2.84. The average molecular weight is 351 g/mol. The van der Waals surface area contributed by atoms with E-state index in [1.165, 1.54) is 26.2 Å². The Balaban J connectivity index is 2.20. The summed E-state index contributed by atoms with van der Waals surface area (Å²) in [5, 5.41) is 19.4. The molecule has 9 nitrogen and oxygen atoms in total. The zero-order valence-corrected chi connectivity index (χ0v) is 13.6. The number of aromatic nitrogens is 2. The lowest BCUT2D eigenvalue weighted by molar-refractivity contribution is -0.392. The van der Waals surface area contributed by atoms with E-state index in [4.69, 9.17) is 14.6 Å². The number of nitro groups is 1. The maximum atomic E-state index is 11.3. The van der Waals surface area contributed by atoms with Gasteiger partial charge in [-0.05, 0) is 11.3 Å². The summed E-state index contributed by atoms with van der Waals surface area (Å²) >= 11 is 0. The number of imidazole rings is 1. The van der Waals surface area contributed by atoms with Gasteiger partial charge in [0, 0.05) is 19.3 Å². The Kier molecular flexibility index (Phi) is 8.70. The second kappa shape index (κ2) is 10.3. The van der Waals surface area contributed by atoms with E-state index in [9.17, 15) is 14.9 Å². The van der Waals surface area contributed by atoms with Crippen LogP contribution >= 0.6 is 21.6 Å². The normalized spacial score (nSPS) is 10.5. The highest BCUT2D eigenvalue weighted by Gasteiger charge is 2.17. The third-order valence-electron chi connectivity index (χ3n) is 2.45. The minimum Gasteiger partial charge on any atom is -0.430 e. The zero-order valence-electron chi connectivity index (χ0n) is 12.0. The molecule has 0 aromatic carbocycles. The van der Waals surface area contributed by atoms with Crippen molar-refractivity contribution in [1.82, 2.24) is 9.55 Å². The molecular weight excluding hydrogens is 334 g/mol. The van der Waals surface area contributed by atoms with Gasteiger partial charge in [0.2, 0.25) is 0 Å². The molecule has 0 fully saturated rings. The van der Waals surface area contributed by atoms with Gasteiger partial charge in [-0.2, -0.15) is 0 Å². The lowest BCUT2D eigenvalue weighted by Crippen LogP contribution is -2.14. The number of carbonyl (C=O) groups is 1. The van der Waals surface area contributed by atoms with E-state index in [1.807, 2.05) is 0 Å². The number of ether oxygens (including phenoxy) is 2. The summed E-state index contributed by atoms with van der Waals surface area (Å²) < 4.78 is 11.0. The smallest absolute Gasteiger partial charge is 0.430 e. The fourth-order valence-electron chi connectivity index (χ4n) is 1.43. The Morgan fingerprint density at radius 3 is 2.95 bits per heavy atom. The summed E-state index contributed by atoms with van der Waals surface area (Å²) in [4.78, 5) is 25.4. The van der Waals surface area contributed by atoms with Crippen LogP contribution in [0.2, 0.25) is 0 Å². The number of aryl methyl sites for hydroxylation is 1. The van der Waals surface area contributed by atoms with Gasteiger partial charge >= 0.3 is 12.0 Å². The molecule has 0 amide bonds. The summed E-state index contributed by atoms with van der Waals surface area (Å²) in [5.74, 6) is 1.23. The molecule has 22 heavy (non-hydrogen) atoms. The molecule has 0 saturated carbocycles. The van der Waals surface area contributed by atoms with Crippen LogP contribution in [0.4, 0.5) is 10.6 Å². The van der Waals surface area contributed by atoms with Gasteiger partial charge in [0.05, 0.1) is 0 Å². The van der Waals surface area contributed by atoms with Crippen LogP contribution in [0.3, 0.4) is 0 Å². The molecule has 0 unspecified atom stereocenters. The van der Waals surface area contributed by atoms with Crippen LogP contribution in [0.1, 0.15) is 12.2 Å². The first-order chi connectivity index (χ1) is 10.6. The molecule has 0 atom stereocenters. The predicted molar refractivity (Wildman–Crippen MR) is 82.7 cm³/mol. The summed E-state index contributed by atoms with van der Waals surface area (Å²) in [5.41, 5.74) is 0. The molecule has 1 aromatic heterocycles. The molecule has 0 radical (unpaired) electrons. The van der Waals surface area contributed by atoms with Crippen molar-refractivity contribution < 1.29 is 24.3 Å². The summed E-state index contributed by atoms with van der Waals surface area (Å²) in [7, 11) is 2.82. The summed E-state index contributed by atoms with van der Waals surface area (Å²) in [6.07, 6.45) is 1.02. The van der Waals surface area contributed by atoms with Crippen molar-refractivity contribution in [3.8, 4) is 0 Å². The molecule has 1 rings (SSSR count). The molecule has 0 aliphatic carbocycles. The van der Waals surface area contributed by atoms with Gasteiger partial charge in [0.1, 0.15) is 19.3 Å². The molecular formula is C11H17N3O6S2. The van der Waals surface area contributed by atoms with Crippen LogP contribution in [-0.2, 0) is 16.0 Å². The van der Waals surface area contributed by atoms with Gasteiger partial charge in [0.25, 0.3) is 0 Å². The number of aliphatic hydroxyl groups excluding tert-OH is 1. The number of nitrogens with zero attached hydrogens (tertiary/aromatic N) is 3. The van der Waals surface area contributed by atoms with Gasteiger partial charge in [-0.25, -0.2) is 14.3 Å². The molecule has 0 bridgehead atoms. The number of carbonyl (C=O) groups excluding carboxylic acids is 1. The highest BCUT2D eigenvalue weighted by Crippen LogP contribution is 2.21. The first kappa shape index (κ1) is 18.6. The van der Waals surface area contributed by atoms with Gasteiger partial charge in [-0.1, -0.05) is 21.6 Å². The SMILES string of the molecule is Cc1ncc([N+](=O)[O-])n1CCOC(=O)OCSSCCCO. The molecule has 0 aliphatic heterocycles. The van der Waals surface area contributed by atoms with Crippen LogP contribution in [0.25, 0.3) is 0 Å². The molecule has 1 aromatic rings. The fourth-order valence-corrected chi connectivity index (χ4v) is 3.06. The Morgan fingerprint density at radius 1 is 1.50 bits per heavy atom.